The Labute approximate surface area is 137 Å². The van der Waals surface area contributed by atoms with E-state index in [0.29, 0.717) is 18.5 Å². The van der Waals surface area contributed by atoms with Gasteiger partial charge in [-0.2, -0.15) is 0 Å². The van der Waals surface area contributed by atoms with Crippen molar-refractivity contribution in [3.63, 3.8) is 0 Å². The van der Waals surface area contributed by atoms with Gasteiger partial charge in [0.25, 0.3) is 5.91 Å². The zero-order chi connectivity index (χ0) is 15.1. The van der Waals surface area contributed by atoms with Crippen LogP contribution in [-0.2, 0) is 4.79 Å². The number of hydrogen-bond acceptors (Lipinski definition) is 3. The minimum Gasteiger partial charge on any atom is -0.351 e. The van der Waals surface area contributed by atoms with E-state index >= 15 is 0 Å². The zero-order valence-corrected chi connectivity index (χ0v) is 13.7. The first-order valence-electron chi connectivity index (χ1n) is 7.61. The van der Waals surface area contributed by atoms with Gasteiger partial charge in [0.2, 0.25) is 5.91 Å². The molecule has 1 fully saturated rings. The van der Waals surface area contributed by atoms with Crippen LogP contribution in [0.1, 0.15) is 36.5 Å². The van der Waals surface area contributed by atoms with Crippen molar-refractivity contribution in [2.45, 2.75) is 26.2 Å². The molecule has 0 saturated carbocycles. The second-order valence-corrected chi connectivity index (χ2v) is 5.21. The first-order chi connectivity index (χ1) is 10.2. The van der Waals surface area contributed by atoms with Gasteiger partial charge in [-0.1, -0.05) is 13.0 Å². The van der Waals surface area contributed by atoms with Gasteiger partial charge in [-0.3, -0.25) is 9.59 Å². The molecule has 22 heavy (non-hydrogen) atoms. The molecular weight excluding hydrogens is 302 g/mol. The average molecular weight is 326 g/mol. The minimum atomic E-state index is -0.0956. The molecule has 1 saturated heterocycles. The van der Waals surface area contributed by atoms with Crippen molar-refractivity contribution in [1.82, 2.24) is 10.6 Å². The highest BCUT2D eigenvalue weighted by atomic mass is 35.5. The summed E-state index contributed by atoms with van der Waals surface area (Å²) in [6, 6.07) is 7.27. The molecule has 0 aromatic heterocycles. The Morgan fingerprint density at radius 2 is 2.09 bits per heavy atom. The van der Waals surface area contributed by atoms with E-state index in [-0.39, 0.29) is 24.2 Å². The largest absolute Gasteiger partial charge is 0.351 e. The van der Waals surface area contributed by atoms with E-state index in [2.05, 4.69) is 17.6 Å². The van der Waals surface area contributed by atoms with Crippen LogP contribution < -0.4 is 15.5 Å². The van der Waals surface area contributed by atoms with Gasteiger partial charge < -0.3 is 15.5 Å². The van der Waals surface area contributed by atoms with E-state index < -0.39 is 0 Å². The quantitative estimate of drug-likeness (QED) is 0.753. The number of benzene rings is 1. The molecule has 0 aliphatic carbocycles. The fourth-order valence-corrected chi connectivity index (χ4v) is 2.40. The van der Waals surface area contributed by atoms with Gasteiger partial charge in [-0.25, -0.2) is 0 Å². The Balaban J connectivity index is 0.00000242. The van der Waals surface area contributed by atoms with Crippen LogP contribution in [0.5, 0.6) is 0 Å². The summed E-state index contributed by atoms with van der Waals surface area (Å²) in [5, 5.41) is 6.12. The number of amides is 2. The third-order valence-electron chi connectivity index (χ3n) is 3.51. The van der Waals surface area contributed by atoms with Crippen LogP contribution in [-0.4, -0.2) is 38.0 Å². The van der Waals surface area contributed by atoms with Crippen LogP contribution in [0.2, 0.25) is 0 Å². The maximum atomic E-state index is 12.1. The molecule has 0 atom stereocenters. The van der Waals surface area contributed by atoms with Crippen LogP contribution >= 0.6 is 12.4 Å². The predicted molar refractivity (Wildman–Crippen MR) is 90.8 cm³/mol. The van der Waals surface area contributed by atoms with Crippen LogP contribution in [0.15, 0.2) is 24.3 Å². The molecule has 0 bridgehead atoms. The molecule has 0 radical (unpaired) electrons. The van der Waals surface area contributed by atoms with E-state index in [0.717, 1.165) is 38.2 Å². The van der Waals surface area contributed by atoms with Crippen molar-refractivity contribution in [2.24, 2.45) is 0 Å². The average Bonchev–Trinajstić information content (AvgIpc) is 2.93. The van der Waals surface area contributed by atoms with Gasteiger partial charge in [-0.05, 0) is 37.6 Å². The summed E-state index contributed by atoms with van der Waals surface area (Å²) in [4.78, 5) is 25.6. The van der Waals surface area contributed by atoms with Crippen molar-refractivity contribution in [2.75, 3.05) is 31.1 Å². The molecule has 6 heteroatoms. The molecular formula is C16H24ClN3O2. The lowest BCUT2D eigenvalue weighted by atomic mass is 10.1. The summed E-state index contributed by atoms with van der Waals surface area (Å²) in [5.41, 5.74) is 1.41. The van der Waals surface area contributed by atoms with Gasteiger partial charge in [0.15, 0.2) is 0 Å². The van der Waals surface area contributed by atoms with E-state index in [1.165, 1.54) is 0 Å². The highest BCUT2D eigenvalue weighted by Gasteiger charge is 2.22. The summed E-state index contributed by atoms with van der Waals surface area (Å²) in [7, 11) is 0. The molecule has 5 nitrogen and oxygen atoms in total. The summed E-state index contributed by atoms with van der Waals surface area (Å²) in [6.07, 6.45) is 2.57. The van der Waals surface area contributed by atoms with Crippen molar-refractivity contribution in [3.05, 3.63) is 29.8 Å². The van der Waals surface area contributed by atoms with Gasteiger partial charge in [-0.15, -0.1) is 12.4 Å². The fourth-order valence-electron chi connectivity index (χ4n) is 2.40. The summed E-state index contributed by atoms with van der Waals surface area (Å²) >= 11 is 0. The monoisotopic (exact) mass is 325 g/mol. The summed E-state index contributed by atoms with van der Waals surface area (Å²) < 4.78 is 0. The maximum absolute atomic E-state index is 12.1. The number of hydrogen-bond donors (Lipinski definition) is 2. The Morgan fingerprint density at radius 3 is 2.77 bits per heavy atom. The normalized spacial score (nSPS) is 13.9. The third-order valence-corrected chi connectivity index (χ3v) is 3.51. The number of carbonyl (C=O) groups is 2. The maximum Gasteiger partial charge on any atom is 0.251 e. The number of nitrogens with one attached hydrogen (secondary N) is 2. The lowest BCUT2D eigenvalue weighted by Gasteiger charge is -2.16. The standard InChI is InChI=1S/C16H23N3O2.ClH/c1-2-8-17-9-10-18-16(21)13-5-3-6-14(12-13)19-11-4-7-15(19)20;/h3,5-6,12,17H,2,4,7-11H2,1H3,(H,18,21);1H. The zero-order valence-electron chi connectivity index (χ0n) is 12.9. The number of halogens is 1. The molecule has 0 unspecified atom stereocenters. The third kappa shape index (κ3) is 5.00. The van der Waals surface area contributed by atoms with Crippen LogP contribution in [0.25, 0.3) is 0 Å². The molecule has 2 N–H and O–H groups in total. The lowest BCUT2D eigenvalue weighted by molar-refractivity contribution is -0.117. The Bertz CT molecular complexity index is 508. The SMILES string of the molecule is CCCNCCNC(=O)c1cccc(N2CCCC2=O)c1.Cl. The van der Waals surface area contributed by atoms with Crippen LogP contribution in [0.4, 0.5) is 5.69 Å². The molecule has 1 heterocycles. The minimum absolute atomic E-state index is 0. The van der Waals surface area contributed by atoms with E-state index in [1.54, 1.807) is 17.0 Å². The molecule has 2 rings (SSSR count). The molecule has 1 aliphatic heterocycles. The predicted octanol–water partition coefficient (Wildman–Crippen LogP) is 1.96. The second-order valence-electron chi connectivity index (χ2n) is 5.21. The number of rotatable bonds is 7. The summed E-state index contributed by atoms with van der Waals surface area (Å²) in [6.45, 7) is 5.18. The molecule has 122 valence electrons. The Hall–Kier alpha value is -1.59. The van der Waals surface area contributed by atoms with Crippen molar-refractivity contribution >= 4 is 29.9 Å². The Morgan fingerprint density at radius 1 is 1.27 bits per heavy atom. The highest BCUT2D eigenvalue weighted by molar-refractivity contribution is 5.99. The van der Waals surface area contributed by atoms with Gasteiger partial charge >= 0.3 is 0 Å². The van der Waals surface area contributed by atoms with Gasteiger partial charge in [0.05, 0.1) is 0 Å². The molecule has 1 aromatic carbocycles. The first kappa shape index (κ1) is 18.5. The van der Waals surface area contributed by atoms with Gasteiger partial charge in [0.1, 0.15) is 0 Å². The first-order valence-corrected chi connectivity index (χ1v) is 7.61. The Kier molecular flexibility index (Phi) is 7.91. The topological polar surface area (TPSA) is 61.4 Å². The lowest BCUT2D eigenvalue weighted by Crippen LogP contribution is -2.32. The van der Waals surface area contributed by atoms with Crippen molar-refractivity contribution in [1.29, 1.82) is 0 Å². The van der Waals surface area contributed by atoms with E-state index in [4.69, 9.17) is 0 Å². The highest BCUT2D eigenvalue weighted by Crippen LogP contribution is 2.22. The second kappa shape index (κ2) is 9.43. The number of nitrogens with zero attached hydrogens (tertiary/aromatic N) is 1. The van der Waals surface area contributed by atoms with Crippen molar-refractivity contribution < 1.29 is 9.59 Å². The van der Waals surface area contributed by atoms with E-state index in [1.807, 2.05) is 12.1 Å². The molecule has 0 spiro atoms. The van der Waals surface area contributed by atoms with Crippen LogP contribution in [0.3, 0.4) is 0 Å². The summed E-state index contributed by atoms with van der Waals surface area (Å²) in [5.74, 6) is 0.0399. The molecule has 1 aliphatic rings. The fraction of sp³-hybridized carbons (Fsp3) is 0.500. The van der Waals surface area contributed by atoms with E-state index in [9.17, 15) is 9.59 Å². The number of anilines is 1. The van der Waals surface area contributed by atoms with Crippen LogP contribution in [0, 0.1) is 0 Å². The molecule has 1 aromatic rings. The molecule has 2 amide bonds. The number of carbonyl (C=O) groups excluding carboxylic acids is 2. The smallest absolute Gasteiger partial charge is 0.251 e. The van der Waals surface area contributed by atoms with Gasteiger partial charge in [0, 0.05) is 37.3 Å². The van der Waals surface area contributed by atoms with Crippen molar-refractivity contribution in [3.8, 4) is 0 Å².